The van der Waals surface area contributed by atoms with Gasteiger partial charge in [-0.25, -0.2) is 4.79 Å². The SMILES string of the molecule is COc1ccccc1NC(=O)N1CC[C@@H]2[C@H]1c1cc(-c3ccccc3)ccc1N(C)[C@@H]2CO. The molecule has 0 radical (unpaired) electrons. The van der Waals surface area contributed by atoms with Gasteiger partial charge >= 0.3 is 6.03 Å². The summed E-state index contributed by atoms with van der Waals surface area (Å²) >= 11 is 0. The first-order chi connectivity index (χ1) is 16.1. The van der Waals surface area contributed by atoms with Gasteiger partial charge in [-0.1, -0.05) is 48.5 Å². The molecule has 2 aliphatic heterocycles. The lowest BCUT2D eigenvalue weighted by Crippen LogP contribution is -2.48. The zero-order valence-electron chi connectivity index (χ0n) is 18.9. The van der Waals surface area contributed by atoms with E-state index in [-0.39, 0.29) is 30.6 Å². The molecule has 3 aromatic rings. The van der Waals surface area contributed by atoms with Gasteiger partial charge in [-0.05, 0) is 47.4 Å². The number of anilines is 2. The van der Waals surface area contributed by atoms with Gasteiger partial charge in [0.05, 0.1) is 31.5 Å². The number of hydrogen-bond donors (Lipinski definition) is 2. The molecule has 0 aliphatic carbocycles. The van der Waals surface area contributed by atoms with Gasteiger partial charge in [-0.15, -0.1) is 0 Å². The summed E-state index contributed by atoms with van der Waals surface area (Å²) in [5, 5.41) is 13.3. The van der Waals surface area contributed by atoms with Crippen LogP contribution < -0.4 is 15.0 Å². The maximum Gasteiger partial charge on any atom is 0.322 e. The molecule has 0 aromatic heterocycles. The van der Waals surface area contributed by atoms with E-state index in [1.807, 2.05) is 54.4 Å². The maximum absolute atomic E-state index is 13.5. The number of nitrogens with zero attached hydrogens (tertiary/aromatic N) is 2. The van der Waals surface area contributed by atoms with Gasteiger partial charge in [0.15, 0.2) is 0 Å². The molecular formula is C27H29N3O3. The van der Waals surface area contributed by atoms with Crippen molar-refractivity contribution in [2.75, 3.05) is 37.5 Å². The molecule has 0 spiro atoms. The van der Waals surface area contributed by atoms with E-state index in [9.17, 15) is 9.90 Å². The second kappa shape index (κ2) is 8.79. The number of benzene rings is 3. The van der Waals surface area contributed by atoms with Crippen LogP contribution in [0.5, 0.6) is 5.75 Å². The van der Waals surface area contributed by atoms with Crippen LogP contribution in [-0.2, 0) is 0 Å². The summed E-state index contributed by atoms with van der Waals surface area (Å²) in [7, 11) is 3.64. The molecule has 33 heavy (non-hydrogen) atoms. The minimum Gasteiger partial charge on any atom is -0.495 e. The third kappa shape index (κ3) is 3.70. The molecule has 6 nitrogen and oxygen atoms in total. The van der Waals surface area contributed by atoms with E-state index in [1.165, 1.54) is 0 Å². The third-order valence-electron chi connectivity index (χ3n) is 7.07. The van der Waals surface area contributed by atoms with Crippen molar-refractivity contribution in [3.8, 4) is 16.9 Å². The summed E-state index contributed by atoms with van der Waals surface area (Å²) in [6.07, 6.45) is 0.842. The summed E-state index contributed by atoms with van der Waals surface area (Å²) in [6.45, 7) is 0.690. The Morgan fingerprint density at radius 3 is 2.58 bits per heavy atom. The topological polar surface area (TPSA) is 65.0 Å². The number of nitrogens with one attached hydrogen (secondary N) is 1. The van der Waals surface area contributed by atoms with E-state index < -0.39 is 0 Å². The second-order valence-corrected chi connectivity index (χ2v) is 8.72. The predicted octanol–water partition coefficient (Wildman–Crippen LogP) is 4.77. The molecule has 170 valence electrons. The van der Waals surface area contributed by atoms with Gasteiger partial charge in [0.1, 0.15) is 5.75 Å². The fourth-order valence-corrected chi connectivity index (χ4v) is 5.43. The average molecular weight is 444 g/mol. The van der Waals surface area contributed by atoms with E-state index >= 15 is 0 Å². The molecule has 6 heteroatoms. The highest BCUT2D eigenvalue weighted by Gasteiger charge is 2.47. The van der Waals surface area contributed by atoms with Crippen molar-refractivity contribution in [1.29, 1.82) is 0 Å². The van der Waals surface area contributed by atoms with Crippen molar-refractivity contribution in [3.05, 3.63) is 78.4 Å². The van der Waals surface area contributed by atoms with Crippen LogP contribution in [0.4, 0.5) is 16.2 Å². The summed E-state index contributed by atoms with van der Waals surface area (Å²) in [5.41, 5.74) is 5.11. The molecule has 1 fully saturated rings. The summed E-state index contributed by atoms with van der Waals surface area (Å²) in [4.78, 5) is 17.6. The van der Waals surface area contributed by atoms with E-state index in [0.29, 0.717) is 18.0 Å². The van der Waals surface area contributed by atoms with Crippen molar-refractivity contribution in [1.82, 2.24) is 4.90 Å². The molecule has 0 unspecified atom stereocenters. The van der Waals surface area contributed by atoms with Crippen LogP contribution in [0.25, 0.3) is 11.1 Å². The fourth-order valence-electron chi connectivity index (χ4n) is 5.43. The Hall–Kier alpha value is -3.51. The number of rotatable bonds is 4. The largest absolute Gasteiger partial charge is 0.495 e. The fraction of sp³-hybridized carbons (Fsp3) is 0.296. The highest BCUT2D eigenvalue weighted by molar-refractivity contribution is 5.92. The Labute approximate surface area is 194 Å². The van der Waals surface area contributed by atoms with E-state index in [4.69, 9.17) is 4.74 Å². The number of carbonyl (C=O) groups is 1. The number of aliphatic hydroxyl groups is 1. The number of likely N-dealkylation sites (N-methyl/N-ethyl adjacent to an activating group) is 1. The average Bonchev–Trinajstić information content (AvgIpc) is 3.30. The smallest absolute Gasteiger partial charge is 0.322 e. The van der Waals surface area contributed by atoms with Crippen LogP contribution in [0.3, 0.4) is 0 Å². The number of hydrogen-bond acceptors (Lipinski definition) is 4. The zero-order chi connectivity index (χ0) is 22.9. The maximum atomic E-state index is 13.5. The second-order valence-electron chi connectivity index (χ2n) is 8.72. The Morgan fingerprint density at radius 2 is 1.82 bits per heavy atom. The highest BCUT2D eigenvalue weighted by atomic mass is 16.5. The number of fused-ring (bicyclic) bond motifs is 3. The number of para-hydroxylation sites is 2. The number of ether oxygens (including phenoxy) is 1. The Bertz CT molecular complexity index is 1150. The van der Waals surface area contributed by atoms with E-state index in [1.54, 1.807) is 7.11 Å². The number of likely N-dealkylation sites (tertiary alicyclic amines) is 1. The minimum atomic E-state index is -0.149. The highest BCUT2D eigenvalue weighted by Crippen LogP contribution is 2.49. The van der Waals surface area contributed by atoms with Gasteiger partial charge in [0.25, 0.3) is 0 Å². The molecule has 2 N–H and O–H groups in total. The first-order valence-electron chi connectivity index (χ1n) is 11.4. The monoisotopic (exact) mass is 443 g/mol. The molecule has 3 aromatic carbocycles. The van der Waals surface area contributed by atoms with Crippen LogP contribution in [0.15, 0.2) is 72.8 Å². The number of aliphatic hydroxyl groups excluding tert-OH is 1. The minimum absolute atomic E-state index is 0.0332. The van der Waals surface area contributed by atoms with Crippen molar-refractivity contribution in [2.24, 2.45) is 5.92 Å². The molecule has 0 saturated carbocycles. The van der Waals surface area contributed by atoms with E-state index in [0.717, 1.165) is 28.8 Å². The molecule has 5 rings (SSSR count). The predicted molar refractivity (Wildman–Crippen MR) is 131 cm³/mol. The quantitative estimate of drug-likeness (QED) is 0.610. The van der Waals surface area contributed by atoms with Gasteiger partial charge in [-0.2, -0.15) is 0 Å². The standard InChI is InChI=1S/C27H29N3O3/c1-29-23-13-12-19(18-8-4-3-5-9-18)16-21(23)26-20(24(29)17-31)14-15-30(26)27(32)28-22-10-6-7-11-25(22)33-2/h3-13,16,20,24,26,31H,14-15,17H2,1-2H3,(H,28,32)/t20-,24+,26-/m0/s1. The molecule has 2 aliphatic rings. The van der Waals surface area contributed by atoms with Crippen molar-refractivity contribution in [3.63, 3.8) is 0 Å². The molecule has 2 heterocycles. The molecule has 2 amide bonds. The molecular weight excluding hydrogens is 414 g/mol. The zero-order valence-corrected chi connectivity index (χ0v) is 18.9. The molecule has 3 atom stereocenters. The molecule has 0 bridgehead atoms. The summed E-state index contributed by atoms with van der Waals surface area (Å²) in [5.74, 6) is 0.784. The van der Waals surface area contributed by atoms with Crippen LogP contribution in [-0.4, -0.2) is 49.4 Å². The van der Waals surface area contributed by atoms with Crippen LogP contribution in [0, 0.1) is 5.92 Å². The van der Waals surface area contributed by atoms with Crippen molar-refractivity contribution >= 4 is 17.4 Å². The Kier molecular flexibility index (Phi) is 5.68. The summed E-state index contributed by atoms with van der Waals surface area (Å²) < 4.78 is 5.41. The molecule has 1 saturated heterocycles. The van der Waals surface area contributed by atoms with Crippen LogP contribution in [0.2, 0.25) is 0 Å². The van der Waals surface area contributed by atoms with Crippen molar-refractivity contribution < 1.29 is 14.6 Å². The van der Waals surface area contributed by atoms with Gasteiger partial charge in [-0.3, -0.25) is 0 Å². The first-order valence-corrected chi connectivity index (χ1v) is 11.4. The number of carbonyl (C=O) groups excluding carboxylic acids is 1. The number of amides is 2. The van der Waals surface area contributed by atoms with Gasteiger partial charge in [0, 0.05) is 25.2 Å². The third-order valence-corrected chi connectivity index (χ3v) is 7.07. The normalized spacial score (nSPS) is 21.4. The van der Waals surface area contributed by atoms with E-state index in [2.05, 4.69) is 40.5 Å². The lowest BCUT2D eigenvalue weighted by molar-refractivity contribution is 0.168. The van der Waals surface area contributed by atoms with Gasteiger partial charge < -0.3 is 25.0 Å². The number of methoxy groups -OCH3 is 1. The Balaban J connectivity index is 1.53. The van der Waals surface area contributed by atoms with Crippen LogP contribution >= 0.6 is 0 Å². The van der Waals surface area contributed by atoms with Crippen molar-refractivity contribution in [2.45, 2.75) is 18.5 Å². The first kappa shape index (κ1) is 21.3. The lowest BCUT2D eigenvalue weighted by Gasteiger charge is -2.44. The lowest BCUT2D eigenvalue weighted by atomic mass is 9.81. The Morgan fingerprint density at radius 1 is 1.06 bits per heavy atom. The van der Waals surface area contributed by atoms with Crippen LogP contribution in [0.1, 0.15) is 18.0 Å². The van der Waals surface area contributed by atoms with Gasteiger partial charge in [0.2, 0.25) is 0 Å². The number of urea groups is 1. The summed E-state index contributed by atoms with van der Waals surface area (Å²) in [6, 6.07) is 23.9.